The number of fused-ring (bicyclic) bond motifs is 2. The van der Waals surface area contributed by atoms with Crippen LogP contribution in [0.3, 0.4) is 0 Å². The van der Waals surface area contributed by atoms with Crippen molar-refractivity contribution in [3.05, 3.63) is 28.8 Å². The zero-order chi connectivity index (χ0) is 13.6. The minimum Gasteiger partial charge on any atom is -0.380 e. The van der Waals surface area contributed by atoms with Gasteiger partial charge in [-0.3, -0.25) is 0 Å². The summed E-state index contributed by atoms with van der Waals surface area (Å²) in [6, 6.07) is 4.07. The molecule has 1 aromatic carbocycles. The van der Waals surface area contributed by atoms with Gasteiger partial charge in [-0.2, -0.15) is 13.2 Å². The van der Waals surface area contributed by atoms with Crippen LogP contribution in [-0.2, 0) is 6.18 Å². The van der Waals surface area contributed by atoms with Crippen LogP contribution in [0.1, 0.15) is 31.2 Å². The lowest BCUT2D eigenvalue weighted by Gasteiger charge is -2.26. The number of halogens is 4. The van der Waals surface area contributed by atoms with Gasteiger partial charge in [0.25, 0.3) is 0 Å². The average molecular weight is 290 g/mol. The summed E-state index contributed by atoms with van der Waals surface area (Å²) >= 11 is 5.95. The van der Waals surface area contributed by atoms with Crippen molar-refractivity contribution in [2.45, 2.75) is 37.9 Å². The van der Waals surface area contributed by atoms with E-state index in [0.29, 0.717) is 11.8 Å². The Morgan fingerprint density at radius 1 is 1.16 bits per heavy atom. The summed E-state index contributed by atoms with van der Waals surface area (Å²) < 4.78 is 39.0. The predicted octanol–water partition coefficient (Wildman–Crippen LogP) is 4.96. The third kappa shape index (κ3) is 2.42. The molecule has 0 amide bonds. The molecule has 5 heteroatoms. The minimum absolute atomic E-state index is 0.0502. The topological polar surface area (TPSA) is 12.0 Å². The van der Waals surface area contributed by atoms with Gasteiger partial charge in [0, 0.05) is 6.04 Å². The van der Waals surface area contributed by atoms with E-state index in [0.717, 1.165) is 25.3 Å². The van der Waals surface area contributed by atoms with Crippen LogP contribution < -0.4 is 5.32 Å². The van der Waals surface area contributed by atoms with Crippen LogP contribution in [-0.4, -0.2) is 6.04 Å². The number of hydrogen-bond donors (Lipinski definition) is 1. The first kappa shape index (κ1) is 13.1. The molecular weight excluding hydrogens is 275 g/mol. The SMILES string of the molecule is FC(F)(F)c1cccc(Cl)c1NC1CC2CCC1C2. The van der Waals surface area contributed by atoms with E-state index in [-0.39, 0.29) is 16.8 Å². The van der Waals surface area contributed by atoms with Gasteiger partial charge in [0.2, 0.25) is 0 Å². The van der Waals surface area contributed by atoms with E-state index in [4.69, 9.17) is 11.6 Å². The maximum atomic E-state index is 13.0. The number of alkyl halides is 3. The number of nitrogens with one attached hydrogen (secondary N) is 1. The second-order valence-electron chi connectivity index (χ2n) is 5.59. The summed E-state index contributed by atoms with van der Waals surface area (Å²) in [4.78, 5) is 0. The van der Waals surface area contributed by atoms with Gasteiger partial charge in [-0.05, 0) is 43.2 Å². The Bertz CT molecular complexity index is 486. The van der Waals surface area contributed by atoms with E-state index in [2.05, 4.69) is 5.32 Å². The van der Waals surface area contributed by atoms with Crippen molar-refractivity contribution in [1.29, 1.82) is 0 Å². The van der Waals surface area contributed by atoms with E-state index < -0.39 is 11.7 Å². The molecule has 1 N–H and O–H groups in total. The molecule has 3 rings (SSSR count). The fourth-order valence-electron chi connectivity index (χ4n) is 3.51. The molecule has 2 fully saturated rings. The van der Waals surface area contributed by atoms with Crippen molar-refractivity contribution in [3.63, 3.8) is 0 Å². The van der Waals surface area contributed by atoms with Crippen molar-refractivity contribution in [3.8, 4) is 0 Å². The van der Waals surface area contributed by atoms with Gasteiger partial charge in [-0.1, -0.05) is 24.1 Å². The van der Waals surface area contributed by atoms with Gasteiger partial charge < -0.3 is 5.32 Å². The highest BCUT2D eigenvalue weighted by Crippen LogP contribution is 2.47. The molecule has 2 saturated carbocycles. The first-order valence-electron chi connectivity index (χ1n) is 6.57. The first-order valence-corrected chi connectivity index (χ1v) is 6.95. The molecule has 0 radical (unpaired) electrons. The van der Waals surface area contributed by atoms with Crippen LogP contribution in [0.15, 0.2) is 18.2 Å². The molecule has 2 aliphatic carbocycles. The van der Waals surface area contributed by atoms with Crippen molar-refractivity contribution in [1.82, 2.24) is 0 Å². The van der Waals surface area contributed by atoms with Crippen molar-refractivity contribution in [2.75, 3.05) is 5.32 Å². The molecule has 0 saturated heterocycles. The first-order chi connectivity index (χ1) is 8.95. The highest BCUT2D eigenvalue weighted by molar-refractivity contribution is 6.33. The summed E-state index contributed by atoms with van der Waals surface area (Å²) in [6.07, 6.45) is 0.0765. The zero-order valence-corrected chi connectivity index (χ0v) is 11.1. The summed E-state index contributed by atoms with van der Waals surface area (Å²) in [6.45, 7) is 0. The van der Waals surface area contributed by atoms with Crippen LogP contribution >= 0.6 is 11.6 Å². The van der Waals surface area contributed by atoms with Crippen molar-refractivity contribution in [2.24, 2.45) is 11.8 Å². The number of benzene rings is 1. The van der Waals surface area contributed by atoms with Gasteiger partial charge >= 0.3 is 6.18 Å². The molecule has 0 heterocycles. The van der Waals surface area contributed by atoms with Crippen molar-refractivity contribution >= 4 is 17.3 Å². The molecule has 3 atom stereocenters. The Labute approximate surface area is 115 Å². The maximum Gasteiger partial charge on any atom is 0.418 e. The Morgan fingerprint density at radius 2 is 1.95 bits per heavy atom. The Balaban J connectivity index is 1.88. The van der Waals surface area contributed by atoms with Gasteiger partial charge in [0.15, 0.2) is 0 Å². The molecule has 2 bridgehead atoms. The monoisotopic (exact) mass is 289 g/mol. The van der Waals surface area contributed by atoms with Gasteiger partial charge in [0.1, 0.15) is 0 Å². The van der Waals surface area contributed by atoms with Gasteiger partial charge in [-0.25, -0.2) is 0 Å². The summed E-state index contributed by atoms with van der Waals surface area (Å²) in [7, 11) is 0. The Morgan fingerprint density at radius 3 is 2.53 bits per heavy atom. The minimum atomic E-state index is -4.37. The van der Waals surface area contributed by atoms with Crippen LogP contribution in [0.25, 0.3) is 0 Å². The molecule has 19 heavy (non-hydrogen) atoms. The molecule has 104 valence electrons. The lowest BCUT2D eigenvalue weighted by atomic mass is 9.95. The van der Waals surface area contributed by atoms with Crippen LogP contribution in [0.2, 0.25) is 5.02 Å². The average Bonchev–Trinajstić information content (AvgIpc) is 2.92. The van der Waals surface area contributed by atoms with Crippen LogP contribution in [0, 0.1) is 11.8 Å². The molecule has 1 nitrogen and oxygen atoms in total. The third-order valence-corrected chi connectivity index (χ3v) is 4.70. The van der Waals surface area contributed by atoms with Crippen molar-refractivity contribution < 1.29 is 13.2 Å². The standard InChI is InChI=1S/C14H15ClF3N/c15-11-3-1-2-10(14(16,17)18)13(11)19-12-7-8-4-5-9(12)6-8/h1-3,8-9,12,19H,4-7H2. The molecule has 3 unspecified atom stereocenters. The molecule has 0 aliphatic heterocycles. The lowest BCUT2D eigenvalue weighted by Crippen LogP contribution is -2.27. The molecule has 2 aliphatic rings. The van der Waals surface area contributed by atoms with Crippen LogP contribution in [0.4, 0.5) is 18.9 Å². The quantitative estimate of drug-likeness (QED) is 0.811. The largest absolute Gasteiger partial charge is 0.418 e. The lowest BCUT2D eigenvalue weighted by molar-refractivity contribution is -0.137. The van der Waals surface area contributed by atoms with Gasteiger partial charge in [-0.15, -0.1) is 0 Å². The maximum absolute atomic E-state index is 13.0. The zero-order valence-electron chi connectivity index (χ0n) is 10.3. The second-order valence-corrected chi connectivity index (χ2v) is 5.99. The molecule has 0 aromatic heterocycles. The normalized spacial score (nSPS) is 29.8. The molecular formula is C14H15ClF3N. The van der Waals surface area contributed by atoms with E-state index >= 15 is 0 Å². The number of rotatable bonds is 2. The van der Waals surface area contributed by atoms with Gasteiger partial charge in [0.05, 0.1) is 16.3 Å². The molecule has 0 spiro atoms. The summed E-state index contributed by atoms with van der Waals surface area (Å²) in [5, 5.41) is 3.21. The number of anilines is 1. The predicted molar refractivity (Wildman–Crippen MR) is 69.3 cm³/mol. The summed E-state index contributed by atoms with van der Waals surface area (Å²) in [5.41, 5.74) is -0.614. The Hall–Kier alpha value is -0.900. The second kappa shape index (κ2) is 4.58. The smallest absolute Gasteiger partial charge is 0.380 e. The van der Waals surface area contributed by atoms with E-state index in [1.165, 1.54) is 18.6 Å². The van der Waals surface area contributed by atoms with E-state index in [1.54, 1.807) is 0 Å². The highest BCUT2D eigenvalue weighted by Gasteiger charge is 2.41. The van der Waals surface area contributed by atoms with Crippen LogP contribution in [0.5, 0.6) is 0 Å². The molecule has 1 aromatic rings. The Kier molecular flexibility index (Phi) is 3.16. The number of hydrogen-bond acceptors (Lipinski definition) is 1. The number of para-hydroxylation sites is 1. The van der Waals surface area contributed by atoms with E-state index in [9.17, 15) is 13.2 Å². The fraction of sp³-hybridized carbons (Fsp3) is 0.571. The third-order valence-electron chi connectivity index (χ3n) is 4.39. The van der Waals surface area contributed by atoms with E-state index in [1.807, 2.05) is 0 Å². The highest BCUT2D eigenvalue weighted by atomic mass is 35.5. The fourth-order valence-corrected chi connectivity index (χ4v) is 3.74. The summed E-state index contributed by atoms with van der Waals surface area (Å²) in [5.74, 6) is 1.18.